The number of rotatable bonds is 3. The summed E-state index contributed by atoms with van der Waals surface area (Å²) in [5.41, 5.74) is 1.34. The predicted octanol–water partition coefficient (Wildman–Crippen LogP) is 2.16. The van der Waals surface area contributed by atoms with Gasteiger partial charge < -0.3 is 5.32 Å². The molecule has 1 aromatic rings. The summed E-state index contributed by atoms with van der Waals surface area (Å²) in [6, 6.07) is 0.703. The molecule has 1 atom stereocenters. The first-order chi connectivity index (χ1) is 9.81. The third kappa shape index (κ3) is 3.61. The van der Waals surface area contributed by atoms with E-state index in [4.69, 9.17) is 0 Å². The lowest BCUT2D eigenvalue weighted by Crippen LogP contribution is -2.43. The Bertz CT molecular complexity index is 408. The van der Waals surface area contributed by atoms with Crippen molar-refractivity contribution >= 4 is 0 Å². The molecule has 0 radical (unpaired) electrons. The van der Waals surface area contributed by atoms with Crippen LogP contribution in [-0.2, 0) is 13.6 Å². The Morgan fingerprint density at radius 3 is 2.85 bits per heavy atom. The summed E-state index contributed by atoms with van der Waals surface area (Å²) in [6.45, 7) is 4.66. The molecule has 0 amide bonds. The van der Waals surface area contributed by atoms with Crippen LogP contribution in [0.15, 0.2) is 12.4 Å². The van der Waals surface area contributed by atoms with Gasteiger partial charge in [-0.2, -0.15) is 5.10 Å². The molecule has 0 bridgehead atoms. The molecule has 2 aliphatic rings. The molecule has 112 valence electrons. The van der Waals surface area contributed by atoms with Crippen molar-refractivity contribution in [3.05, 3.63) is 18.0 Å². The second-order valence-electron chi connectivity index (χ2n) is 6.57. The van der Waals surface area contributed by atoms with Crippen LogP contribution >= 0.6 is 0 Å². The van der Waals surface area contributed by atoms with Crippen LogP contribution < -0.4 is 5.32 Å². The van der Waals surface area contributed by atoms with Gasteiger partial charge in [0.05, 0.1) is 6.20 Å². The third-order valence-electron chi connectivity index (χ3n) is 4.90. The molecule has 3 rings (SSSR count). The lowest BCUT2D eigenvalue weighted by atomic mass is 9.83. The number of aryl methyl sites for hydroxylation is 1. The highest BCUT2D eigenvalue weighted by atomic mass is 15.2. The second-order valence-corrected chi connectivity index (χ2v) is 6.57. The Balaban J connectivity index is 1.59. The van der Waals surface area contributed by atoms with E-state index in [9.17, 15) is 0 Å². The van der Waals surface area contributed by atoms with Gasteiger partial charge in [-0.15, -0.1) is 0 Å². The Morgan fingerprint density at radius 1 is 1.25 bits per heavy atom. The first-order valence-electron chi connectivity index (χ1n) is 8.24. The molecule has 1 aliphatic heterocycles. The zero-order valence-corrected chi connectivity index (χ0v) is 12.7. The average Bonchev–Trinajstić information content (AvgIpc) is 2.74. The summed E-state index contributed by atoms with van der Waals surface area (Å²) in [6.07, 6.45) is 12.6. The zero-order chi connectivity index (χ0) is 13.8. The molecule has 2 fully saturated rings. The molecular weight excluding hydrogens is 248 g/mol. The highest BCUT2D eigenvalue weighted by Gasteiger charge is 2.26. The lowest BCUT2D eigenvalue weighted by molar-refractivity contribution is 0.201. The highest BCUT2D eigenvalue weighted by Crippen LogP contribution is 2.27. The Morgan fingerprint density at radius 2 is 2.10 bits per heavy atom. The third-order valence-corrected chi connectivity index (χ3v) is 4.90. The smallest absolute Gasteiger partial charge is 0.0534 e. The summed E-state index contributed by atoms with van der Waals surface area (Å²) in [5, 5.41) is 8.10. The SMILES string of the molecule is Cn1cc(CN2CCCNC(C3CCCCC3)C2)cn1. The Labute approximate surface area is 122 Å². The van der Waals surface area contributed by atoms with Gasteiger partial charge in [0, 0.05) is 37.9 Å². The van der Waals surface area contributed by atoms with Gasteiger partial charge >= 0.3 is 0 Å². The van der Waals surface area contributed by atoms with E-state index in [1.54, 1.807) is 0 Å². The van der Waals surface area contributed by atoms with Crippen molar-refractivity contribution in [2.75, 3.05) is 19.6 Å². The van der Waals surface area contributed by atoms with Crippen molar-refractivity contribution in [2.24, 2.45) is 13.0 Å². The summed E-state index contributed by atoms with van der Waals surface area (Å²) >= 11 is 0. The van der Waals surface area contributed by atoms with Crippen molar-refractivity contribution in [3.8, 4) is 0 Å². The van der Waals surface area contributed by atoms with E-state index >= 15 is 0 Å². The number of nitrogens with one attached hydrogen (secondary N) is 1. The van der Waals surface area contributed by atoms with Crippen LogP contribution in [0, 0.1) is 5.92 Å². The fourth-order valence-corrected chi connectivity index (χ4v) is 3.83. The van der Waals surface area contributed by atoms with Gasteiger partial charge in [0.2, 0.25) is 0 Å². The molecule has 4 heteroatoms. The summed E-state index contributed by atoms with van der Waals surface area (Å²) < 4.78 is 1.91. The molecule has 0 spiro atoms. The molecule has 1 N–H and O–H groups in total. The summed E-state index contributed by atoms with van der Waals surface area (Å²) in [5.74, 6) is 0.901. The van der Waals surface area contributed by atoms with Crippen molar-refractivity contribution < 1.29 is 0 Å². The average molecular weight is 276 g/mol. The van der Waals surface area contributed by atoms with Gasteiger partial charge in [0.15, 0.2) is 0 Å². The normalized spacial score (nSPS) is 26.6. The zero-order valence-electron chi connectivity index (χ0n) is 12.7. The number of nitrogens with zero attached hydrogens (tertiary/aromatic N) is 3. The fourth-order valence-electron chi connectivity index (χ4n) is 3.83. The van der Waals surface area contributed by atoms with Crippen LogP contribution in [0.4, 0.5) is 0 Å². The number of aromatic nitrogens is 2. The van der Waals surface area contributed by atoms with Crippen LogP contribution in [-0.4, -0.2) is 40.4 Å². The number of hydrogen-bond donors (Lipinski definition) is 1. The highest BCUT2D eigenvalue weighted by molar-refractivity contribution is 5.03. The largest absolute Gasteiger partial charge is 0.312 e. The van der Waals surface area contributed by atoms with Gasteiger partial charge in [-0.05, 0) is 38.3 Å². The molecule has 2 heterocycles. The van der Waals surface area contributed by atoms with Crippen LogP contribution in [0.1, 0.15) is 44.1 Å². The maximum atomic E-state index is 4.29. The van der Waals surface area contributed by atoms with Gasteiger partial charge in [-0.3, -0.25) is 9.58 Å². The van der Waals surface area contributed by atoms with E-state index < -0.39 is 0 Å². The minimum atomic E-state index is 0.703. The minimum Gasteiger partial charge on any atom is -0.312 e. The van der Waals surface area contributed by atoms with E-state index in [1.807, 2.05) is 17.9 Å². The molecule has 4 nitrogen and oxygen atoms in total. The van der Waals surface area contributed by atoms with E-state index in [1.165, 1.54) is 63.7 Å². The standard InChI is InChI=1S/C16H28N4/c1-19-11-14(10-18-19)12-20-9-5-8-17-16(13-20)15-6-3-2-4-7-15/h10-11,15-17H,2-9,12-13H2,1H3. The lowest BCUT2D eigenvalue weighted by Gasteiger charge is -2.32. The monoisotopic (exact) mass is 276 g/mol. The molecule has 1 aromatic heterocycles. The maximum absolute atomic E-state index is 4.29. The van der Waals surface area contributed by atoms with Crippen LogP contribution in [0.3, 0.4) is 0 Å². The molecule has 0 aromatic carbocycles. The van der Waals surface area contributed by atoms with Crippen LogP contribution in [0.25, 0.3) is 0 Å². The quantitative estimate of drug-likeness (QED) is 0.918. The van der Waals surface area contributed by atoms with E-state index in [-0.39, 0.29) is 0 Å². The van der Waals surface area contributed by atoms with Gasteiger partial charge in [-0.25, -0.2) is 0 Å². The molecular formula is C16H28N4. The maximum Gasteiger partial charge on any atom is 0.0534 e. The predicted molar refractivity (Wildman–Crippen MR) is 81.5 cm³/mol. The molecule has 1 saturated heterocycles. The Hall–Kier alpha value is -0.870. The molecule has 1 aliphatic carbocycles. The fraction of sp³-hybridized carbons (Fsp3) is 0.812. The first-order valence-corrected chi connectivity index (χ1v) is 8.24. The molecule has 20 heavy (non-hydrogen) atoms. The van der Waals surface area contributed by atoms with Crippen LogP contribution in [0.2, 0.25) is 0 Å². The van der Waals surface area contributed by atoms with Gasteiger partial charge in [-0.1, -0.05) is 19.3 Å². The first kappa shape index (κ1) is 14.1. The van der Waals surface area contributed by atoms with Crippen molar-refractivity contribution in [1.82, 2.24) is 20.0 Å². The summed E-state index contributed by atoms with van der Waals surface area (Å²) in [7, 11) is 2.00. The minimum absolute atomic E-state index is 0.703. The topological polar surface area (TPSA) is 33.1 Å². The van der Waals surface area contributed by atoms with E-state index in [0.717, 1.165) is 12.5 Å². The molecule has 1 unspecified atom stereocenters. The summed E-state index contributed by atoms with van der Waals surface area (Å²) in [4.78, 5) is 2.62. The van der Waals surface area contributed by atoms with Crippen molar-refractivity contribution in [3.63, 3.8) is 0 Å². The van der Waals surface area contributed by atoms with E-state index in [2.05, 4.69) is 21.5 Å². The van der Waals surface area contributed by atoms with E-state index in [0.29, 0.717) is 6.04 Å². The van der Waals surface area contributed by atoms with Gasteiger partial charge in [0.25, 0.3) is 0 Å². The van der Waals surface area contributed by atoms with Crippen molar-refractivity contribution in [1.29, 1.82) is 0 Å². The number of hydrogen-bond acceptors (Lipinski definition) is 3. The Kier molecular flexibility index (Phi) is 4.73. The molecule has 1 saturated carbocycles. The van der Waals surface area contributed by atoms with Gasteiger partial charge in [0.1, 0.15) is 0 Å². The second kappa shape index (κ2) is 6.72. The van der Waals surface area contributed by atoms with Crippen molar-refractivity contribution in [2.45, 2.75) is 51.1 Å². The van der Waals surface area contributed by atoms with Crippen LogP contribution in [0.5, 0.6) is 0 Å².